The van der Waals surface area contributed by atoms with Gasteiger partial charge >= 0.3 is 0 Å². The van der Waals surface area contributed by atoms with Crippen LogP contribution >= 0.6 is 11.3 Å². The van der Waals surface area contributed by atoms with Crippen molar-refractivity contribution in [2.24, 2.45) is 4.99 Å². The number of benzene rings is 3. The Hall–Kier alpha value is -3.24. The molecule has 0 amide bonds. The van der Waals surface area contributed by atoms with Crippen LogP contribution in [0.1, 0.15) is 36.7 Å². The van der Waals surface area contributed by atoms with Gasteiger partial charge in [-0.2, -0.15) is 0 Å². The van der Waals surface area contributed by atoms with Gasteiger partial charge in [-0.15, -0.1) is 11.3 Å². The topological polar surface area (TPSA) is 34.4 Å². The van der Waals surface area contributed by atoms with E-state index in [-0.39, 0.29) is 11.3 Å². The van der Waals surface area contributed by atoms with Gasteiger partial charge in [0.2, 0.25) is 0 Å². The molecule has 1 heterocycles. The number of thiazole rings is 1. The minimum absolute atomic E-state index is 0.0802. The molecular formula is C26H24N2OS. The highest BCUT2D eigenvalue weighted by molar-refractivity contribution is 7.07. The van der Waals surface area contributed by atoms with E-state index in [2.05, 4.69) is 45.0 Å². The van der Waals surface area contributed by atoms with Crippen LogP contribution in [0.3, 0.4) is 0 Å². The van der Waals surface area contributed by atoms with Crippen LogP contribution in [-0.4, -0.2) is 10.5 Å². The van der Waals surface area contributed by atoms with Crippen molar-refractivity contribution in [1.29, 1.82) is 0 Å². The van der Waals surface area contributed by atoms with Crippen molar-refractivity contribution in [2.45, 2.75) is 26.2 Å². The van der Waals surface area contributed by atoms with E-state index in [0.717, 1.165) is 16.9 Å². The highest BCUT2D eigenvalue weighted by Crippen LogP contribution is 2.27. The average molecular weight is 413 g/mol. The second kappa shape index (κ2) is 8.25. The average Bonchev–Trinajstić information content (AvgIpc) is 3.17. The fourth-order valence-corrected chi connectivity index (χ4v) is 4.15. The van der Waals surface area contributed by atoms with Crippen molar-refractivity contribution < 1.29 is 4.79 Å². The Morgan fingerprint density at radius 3 is 2.03 bits per heavy atom. The molecule has 30 heavy (non-hydrogen) atoms. The second-order valence-electron chi connectivity index (χ2n) is 8.18. The van der Waals surface area contributed by atoms with Crippen molar-refractivity contribution in [3.63, 3.8) is 0 Å². The molecule has 0 aliphatic rings. The first kappa shape index (κ1) is 20.0. The van der Waals surface area contributed by atoms with Crippen molar-refractivity contribution in [3.05, 3.63) is 106 Å². The Bertz CT molecular complexity index is 1210. The summed E-state index contributed by atoms with van der Waals surface area (Å²) in [5.41, 5.74) is 4.65. The number of para-hydroxylation sites is 1. The Kier molecular flexibility index (Phi) is 5.51. The SMILES string of the molecule is CC(C)(C)c1ccc(-c2csc(=Nc3ccccc3)n2C(=O)c2ccccc2)cc1. The fraction of sp³-hybridized carbons (Fsp3) is 0.154. The first-order valence-corrected chi connectivity index (χ1v) is 10.8. The summed E-state index contributed by atoms with van der Waals surface area (Å²) in [6, 6.07) is 27.5. The first-order valence-electron chi connectivity index (χ1n) is 9.94. The van der Waals surface area contributed by atoms with Gasteiger partial charge in [0.25, 0.3) is 5.91 Å². The maximum Gasteiger partial charge on any atom is 0.264 e. The van der Waals surface area contributed by atoms with E-state index in [1.807, 2.05) is 66.0 Å². The van der Waals surface area contributed by atoms with Crippen LogP contribution in [0, 0.1) is 0 Å². The summed E-state index contributed by atoms with van der Waals surface area (Å²) in [7, 11) is 0. The van der Waals surface area contributed by atoms with Gasteiger partial charge in [-0.3, -0.25) is 9.36 Å². The van der Waals surface area contributed by atoms with Gasteiger partial charge in [0.15, 0.2) is 4.80 Å². The quantitative estimate of drug-likeness (QED) is 0.381. The van der Waals surface area contributed by atoms with Gasteiger partial charge in [0, 0.05) is 10.9 Å². The van der Waals surface area contributed by atoms with E-state index in [4.69, 9.17) is 4.99 Å². The van der Waals surface area contributed by atoms with E-state index in [1.54, 1.807) is 4.57 Å². The monoisotopic (exact) mass is 412 g/mol. The number of carbonyl (C=O) groups is 1. The summed E-state index contributed by atoms with van der Waals surface area (Å²) in [4.78, 5) is 18.9. The summed E-state index contributed by atoms with van der Waals surface area (Å²) in [5.74, 6) is -0.0820. The summed E-state index contributed by atoms with van der Waals surface area (Å²) in [6.07, 6.45) is 0. The molecule has 3 aromatic carbocycles. The maximum atomic E-state index is 13.4. The Morgan fingerprint density at radius 1 is 0.833 bits per heavy atom. The second-order valence-corrected chi connectivity index (χ2v) is 9.02. The van der Waals surface area contributed by atoms with Crippen LogP contribution in [-0.2, 0) is 5.41 Å². The van der Waals surface area contributed by atoms with Crippen molar-refractivity contribution >= 4 is 22.9 Å². The minimum atomic E-state index is -0.0820. The maximum absolute atomic E-state index is 13.4. The number of hydrogen-bond donors (Lipinski definition) is 0. The lowest BCUT2D eigenvalue weighted by molar-refractivity contribution is 0.0959. The number of carbonyl (C=O) groups excluding carboxylic acids is 1. The Balaban J connectivity index is 1.87. The van der Waals surface area contributed by atoms with E-state index >= 15 is 0 Å². The Labute approximate surface area is 181 Å². The van der Waals surface area contributed by atoms with Crippen molar-refractivity contribution in [2.75, 3.05) is 0 Å². The molecule has 0 aliphatic heterocycles. The lowest BCUT2D eigenvalue weighted by Crippen LogP contribution is -2.24. The van der Waals surface area contributed by atoms with Crippen molar-refractivity contribution in [1.82, 2.24) is 4.57 Å². The lowest BCUT2D eigenvalue weighted by Gasteiger charge is -2.19. The first-order chi connectivity index (χ1) is 14.4. The molecule has 1 aromatic heterocycles. The van der Waals surface area contributed by atoms with Crippen LogP contribution < -0.4 is 4.80 Å². The summed E-state index contributed by atoms with van der Waals surface area (Å²) < 4.78 is 1.72. The van der Waals surface area contributed by atoms with Gasteiger partial charge in [0.1, 0.15) is 0 Å². The van der Waals surface area contributed by atoms with Crippen LogP contribution in [0.2, 0.25) is 0 Å². The fourth-order valence-electron chi connectivity index (χ4n) is 3.25. The summed E-state index contributed by atoms with van der Waals surface area (Å²) in [5, 5.41) is 2.01. The van der Waals surface area contributed by atoms with Crippen LogP contribution in [0.15, 0.2) is 95.3 Å². The number of aromatic nitrogens is 1. The third-order valence-corrected chi connectivity index (χ3v) is 5.79. The normalized spacial score (nSPS) is 12.2. The molecule has 0 aliphatic carbocycles. The predicted octanol–water partition coefficient (Wildman–Crippen LogP) is 6.44. The van der Waals surface area contributed by atoms with Gasteiger partial charge < -0.3 is 0 Å². The van der Waals surface area contributed by atoms with Crippen LogP contribution in [0.25, 0.3) is 11.3 Å². The van der Waals surface area contributed by atoms with E-state index in [0.29, 0.717) is 10.4 Å². The zero-order valence-electron chi connectivity index (χ0n) is 17.4. The molecular weight excluding hydrogens is 388 g/mol. The molecule has 0 saturated carbocycles. The van der Waals surface area contributed by atoms with Gasteiger partial charge in [-0.1, -0.05) is 81.4 Å². The summed E-state index contributed by atoms with van der Waals surface area (Å²) in [6.45, 7) is 6.59. The number of rotatable bonds is 3. The molecule has 150 valence electrons. The van der Waals surface area contributed by atoms with Crippen molar-refractivity contribution in [3.8, 4) is 11.3 Å². The molecule has 0 fully saturated rings. The van der Waals surface area contributed by atoms with E-state index < -0.39 is 0 Å². The zero-order chi connectivity index (χ0) is 21.1. The minimum Gasteiger partial charge on any atom is -0.268 e. The molecule has 0 unspecified atom stereocenters. The Morgan fingerprint density at radius 2 is 1.43 bits per heavy atom. The highest BCUT2D eigenvalue weighted by atomic mass is 32.1. The molecule has 0 spiro atoms. The van der Waals surface area contributed by atoms with E-state index in [1.165, 1.54) is 16.9 Å². The molecule has 4 rings (SSSR count). The lowest BCUT2D eigenvalue weighted by atomic mass is 9.86. The smallest absolute Gasteiger partial charge is 0.264 e. The molecule has 0 bridgehead atoms. The standard InChI is InChI=1S/C26H24N2OS/c1-26(2,3)21-16-14-19(15-17-21)23-18-30-25(27-22-12-8-5-9-13-22)28(23)24(29)20-10-6-4-7-11-20/h4-18H,1-3H3. The molecule has 4 aromatic rings. The molecule has 0 N–H and O–H groups in total. The summed E-state index contributed by atoms with van der Waals surface area (Å²) >= 11 is 1.47. The highest BCUT2D eigenvalue weighted by Gasteiger charge is 2.18. The van der Waals surface area contributed by atoms with E-state index in [9.17, 15) is 4.79 Å². The molecule has 0 radical (unpaired) electrons. The van der Waals surface area contributed by atoms with Gasteiger partial charge in [-0.05, 0) is 40.8 Å². The molecule has 4 heteroatoms. The number of nitrogens with zero attached hydrogens (tertiary/aromatic N) is 2. The number of hydrogen-bond acceptors (Lipinski definition) is 3. The third-order valence-electron chi connectivity index (χ3n) is 4.96. The van der Waals surface area contributed by atoms with Crippen LogP contribution in [0.4, 0.5) is 5.69 Å². The zero-order valence-corrected chi connectivity index (χ0v) is 18.2. The largest absolute Gasteiger partial charge is 0.268 e. The van der Waals surface area contributed by atoms with Crippen LogP contribution in [0.5, 0.6) is 0 Å². The molecule has 3 nitrogen and oxygen atoms in total. The van der Waals surface area contributed by atoms with Gasteiger partial charge in [-0.25, -0.2) is 4.99 Å². The molecule has 0 saturated heterocycles. The van der Waals surface area contributed by atoms with Gasteiger partial charge in [0.05, 0.1) is 11.4 Å². The predicted molar refractivity (Wildman–Crippen MR) is 124 cm³/mol. The third kappa shape index (κ3) is 4.19. The molecule has 0 atom stereocenters.